The second kappa shape index (κ2) is 7.46. The average Bonchev–Trinajstić information content (AvgIpc) is 3.10. The number of pyridine rings is 1. The van der Waals surface area contributed by atoms with Gasteiger partial charge in [0, 0.05) is 47.4 Å². The number of alkyl halides is 3. The van der Waals surface area contributed by atoms with Crippen LogP contribution in [0.4, 0.5) is 13.2 Å². The first kappa shape index (κ1) is 18.8. The molecule has 2 heterocycles. The van der Waals surface area contributed by atoms with Crippen LogP contribution in [0.15, 0.2) is 61.3 Å². The predicted molar refractivity (Wildman–Crippen MR) is 100 cm³/mol. The fourth-order valence-electron chi connectivity index (χ4n) is 3.11. The second-order valence-corrected chi connectivity index (χ2v) is 6.59. The molecule has 0 saturated carbocycles. The van der Waals surface area contributed by atoms with Crippen LogP contribution in [0, 0.1) is 0 Å². The topological polar surface area (TPSA) is 67.8 Å². The van der Waals surface area contributed by atoms with Crippen molar-refractivity contribution in [3.8, 4) is 11.1 Å². The SMILES string of the molecule is O=C(Cc1ccc(C(F)(F)F)cc1)NC1=CCc2ncc(-c3cncnc3)cc21. The lowest BCUT2D eigenvalue weighted by Crippen LogP contribution is -2.23. The van der Waals surface area contributed by atoms with E-state index < -0.39 is 11.7 Å². The Hall–Kier alpha value is -3.55. The minimum atomic E-state index is -4.40. The monoisotopic (exact) mass is 396 g/mol. The summed E-state index contributed by atoms with van der Waals surface area (Å²) in [4.78, 5) is 24.8. The van der Waals surface area contributed by atoms with Crippen LogP contribution in [-0.2, 0) is 23.8 Å². The number of aromatic nitrogens is 3. The van der Waals surface area contributed by atoms with E-state index in [4.69, 9.17) is 0 Å². The first-order valence-electron chi connectivity index (χ1n) is 8.81. The number of carbonyl (C=O) groups is 1. The van der Waals surface area contributed by atoms with Crippen LogP contribution in [0.25, 0.3) is 16.8 Å². The Bertz CT molecular complexity index is 1080. The van der Waals surface area contributed by atoms with E-state index in [0.29, 0.717) is 17.7 Å². The van der Waals surface area contributed by atoms with Crippen molar-refractivity contribution in [1.29, 1.82) is 0 Å². The number of nitrogens with zero attached hydrogens (tertiary/aromatic N) is 3. The molecule has 5 nitrogen and oxygen atoms in total. The molecule has 2 aromatic heterocycles. The van der Waals surface area contributed by atoms with Gasteiger partial charge in [0.1, 0.15) is 6.33 Å². The molecule has 0 fully saturated rings. The fraction of sp³-hybridized carbons (Fsp3) is 0.143. The second-order valence-electron chi connectivity index (χ2n) is 6.59. The number of rotatable bonds is 4. The van der Waals surface area contributed by atoms with Crippen LogP contribution in [0.2, 0.25) is 0 Å². The standard InChI is InChI=1S/C21H15F3N4O/c22-21(23,24)16-3-1-13(2-4-16)7-20(29)28-19-6-5-18-17(19)8-14(11-27-18)15-9-25-12-26-10-15/h1-4,6,8-12H,5,7H2,(H,28,29). The van der Waals surface area contributed by atoms with E-state index in [1.165, 1.54) is 18.5 Å². The molecule has 1 amide bonds. The minimum absolute atomic E-state index is 0.0234. The number of nitrogens with one attached hydrogen (secondary N) is 1. The van der Waals surface area contributed by atoms with Crippen LogP contribution >= 0.6 is 0 Å². The molecule has 0 spiro atoms. The first-order valence-corrected chi connectivity index (χ1v) is 8.81. The lowest BCUT2D eigenvalue weighted by atomic mass is 10.1. The highest BCUT2D eigenvalue weighted by molar-refractivity contribution is 5.90. The van der Waals surface area contributed by atoms with Crippen molar-refractivity contribution in [2.24, 2.45) is 0 Å². The average molecular weight is 396 g/mol. The van der Waals surface area contributed by atoms with Crippen molar-refractivity contribution >= 4 is 11.6 Å². The Labute approximate surface area is 164 Å². The zero-order valence-electron chi connectivity index (χ0n) is 15.1. The number of fused-ring (bicyclic) bond motifs is 1. The van der Waals surface area contributed by atoms with Gasteiger partial charge in [0.05, 0.1) is 17.7 Å². The minimum Gasteiger partial charge on any atom is -0.325 e. The number of allylic oxidation sites excluding steroid dienone is 1. The smallest absolute Gasteiger partial charge is 0.325 e. The Morgan fingerprint density at radius 1 is 1.03 bits per heavy atom. The van der Waals surface area contributed by atoms with Crippen molar-refractivity contribution in [2.75, 3.05) is 0 Å². The molecular weight excluding hydrogens is 381 g/mol. The van der Waals surface area contributed by atoms with Crippen LogP contribution in [0.3, 0.4) is 0 Å². The van der Waals surface area contributed by atoms with Gasteiger partial charge < -0.3 is 5.32 Å². The quantitative estimate of drug-likeness (QED) is 0.728. The summed E-state index contributed by atoms with van der Waals surface area (Å²) in [6.45, 7) is 0. The Kier molecular flexibility index (Phi) is 4.84. The van der Waals surface area contributed by atoms with Crippen molar-refractivity contribution in [3.63, 3.8) is 0 Å². The zero-order chi connectivity index (χ0) is 20.4. The highest BCUT2D eigenvalue weighted by atomic mass is 19.4. The van der Waals surface area contributed by atoms with Crippen LogP contribution in [-0.4, -0.2) is 20.9 Å². The number of halogens is 3. The molecule has 1 aliphatic carbocycles. The first-order chi connectivity index (χ1) is 13.9. The molecule has 146 valence electrons. The molecule has 8 heteroatoms. The maximum absolute atomic E-state index is 12.6. The number of benzene rings is 1. The molecule has 3 aromatic rings. The van der Waals surface area contributed by atoms with Crippen LogP contribution < -0.4 is 5.32 Å². The summed E-state index contributed by atoms with van der Waals surface area (Å²) in [5.41, 5.74) is 3.70. The van der Waals surface area contributed by atoms with Crippen LogP contribution in [0.1, 0.15) is 22.4 Å². The lowest BCUT2D eigenvalue weighted by Gasteiger charge is -2.11. The Morgan fingerprint density at radius 3 is 2.45 bits per heavy atom. The highest BCUT2D eigenvalue weighted by Crippen LogP contribution is 2.30. The molecule has 0 saturated heterocycles. The molecular formula is C21H15F3N4O. The molecule has 1 aliphatic rings. The van der Waals surface area contributed by atoms with Gasteiger partial charge in [-0.3, -0.25) is 9.78 Å². The van der Waals surface area contributed by atoms with E-state index >= 15 is 0 Å². The Balaban J connectivity index is 1.47. The molecule has 0 unspecified atom stereocenters. The van der Waals surface area contributed by atoms with Gasteiger partial charge in [-0.15, -0.1) is 0 Å². The molecule has 4 rings (SSSR count). The highest BCUT2D eigenvalue weighted by Gasteiger charge is 2.30. The summed E-state index contributed by atoms with van der Waals surface area (Å²) in [5, 5.41) is 2.84. The molecule has 0 aliphatic heterocycles. The maximum Gasteiger partial charge on any atom is 0.416 e. The zero-order valence-corrected chi connectivity index (χ0v) is 15.1. The maximum atomic E-state index is 12.6. The van der Waals surface area contributed by atoms with Gasteiger partial charge in [-0.1, -0.05) is 18.2 Å². The molecule has 0 atom stereocenters. The third kappa shape index (κ3) is 4.16. The van der Waals surface area contributed by atoms with Gasteiger partial charge in [-0.2, -0.15) is 13.2 Å². The van der Waals surface area contributed by atoms with Crippen LogP contribution in [0.5, 0.6) is 0 Å². The molecule has 0 bridgehead atoms. The molecule has 1 aromatic carbocycles. The van der Waals surface area contributed by atoms with E-state index in [1.54, 1.807) is 18.6 Å². The van der Waals surface area contributed by atoms with Gasteiger partial charge in [0.25, 0.3) is 0 Å². The van der Waals surface area contributed by atoms with Gasteiger partial charge in [-0.25, -0.2) is 9.97 Å². The van der Waals surface area contributed by atoms with Gasteiger partial charge in [-0.05, 0) is 23.8 Å². The van der Waals surface area contributed by atoms with Crippen molar-refractivity contribution in [3.05, 3.63) is 83.7 Å². The largest absolute Gasteiger partial charge is 0.416 e. The predicted octanol–water partition coefficient (Wildman–Crippen LogP) is 3.81. The summed E-state index contributed by atoms with van der Waals surface area (Å²) in [6, 6.07) is 6.50. The lowest BCUT2D eigenvalue weighted by molar-refractivity contribution is -0.137. The third-order valence-electron chi connectivity index (χ3n) is 4.57. The summed E-state index contributed by atoms with van der Waals surface area (Å²) >= 11 is 0. The van der Waals surface area contributed by atoms with Crippen molar-refractivity contribution in [1.82, 2.24) is 20.3 Å². The number of carbonyl (C=O) groups excluding carboxylic acids is 1. The van der Waals surface area contributed by atoms with E-state index in [9.17, 15) is 18.0 Å². The molecule has 1 N–H and O–H groups in total. The number of hydrogen-bond acceptors (Lipinski definition) is 4. The normalized spacial score (nSPS) is 13.0. The van der Waals surface area contributed by atoms with E-state index in [1.807, 2.05) is 12.1 Å². The molecule has 0 radical (unpaired) electrons. The summed E-state index contributed by atoms with van der Waals surface area (Å²) in [7, 11) is 0. The van der Waals surface area contributed by atoms with E-state index in [-0.39, 0.29) is 12.3 Å². The van der Waals surface area contributed by atoms with Crippen molar-refractivity contribution < 1.29 is 18.0 Å². The number of hydrogen-bond donors (Lipinski definition) is 1. The summed E-state index contributed by atoms with van der Waals surface area (Å²) in [5.74, 6) is -0.308. The third-order valence-corrected chi connectivity index (χ3v) is 4.57. The summed E-state index contributed by atoms with van der Waals surface area (Å²) < 4.78 is 37.9. The molecule has 29 heavy (non-hydrogen) atoms. The van der Waals surface area contributed by atoms with Gasteiger partial charge in [0.2, 0.25) is 5.91 Å². The van der Waals surface area contributed by atoms with E-state index in [2.05, 4.69) is 20.3 Å². The Morgan fingerprint density at radius 2 is 1.76 bits per heavy atom. The van der Waals surface area contributed by atoms with Gasteiger partial charge in [0.15, 0.2) is 0 Å². The van der Waals surface area contributed by atoms with Crippen molar-refractivity contribution in [2.45, 2.75) is 19.0 Å². The number of amides is 1. The van der Waals surface area contributed by atoms with E-state index in [0.717, 1.165) is 34.5 Å². The fourth-order valence-corrected chi connectivity index (χ4v) is 3.11. The summed E-state index contributed by atoms with van der Waals surface area (Å²) in [6.07, 6.45) is 4.58. The van der Waals surface area contributed by atoms with Gasteiger partial charge >= 0.3 is 6.18 Å².